The lowest BCUT2D eigenvalue weighted by Gasteiger charge is -2.34. The predicted octanol–water partition coefficient (Wildman–Crippen LogP) is 2.37. The first-order valence-electron chi connectivity index (χ1n) is 7.01. The maximum atomic E-state index is 7.40. The molecule has 1 unspecified atom stereocenters. The van der Waals surface area contributed by atoms with Gasteiger partial charge >= 0.3 is 0 Å². The van der Waals surface area contributed by atoms with Crippen LogP contribution in [0.2, 0.25) is 0 Å². The van der Waals surface area contributed by atoms with E-state index in [0.29, 0.717) is 6.10 Å². The number of piperidine rings is 1. The van der Waals surface area contributed by atoms with Gasteiger partial charge in [-0.05, 0) is 43.5 Å². The van der Waals surface area contributed by atoms with Gasteiger partial charge < -0.3 is 15.4 Å². The van der Waals surface area contributed by atoms with Crippen molar-refractivity contribution in [3.63, 3.8) is 0 Å². The molecule has 4 nitrogen and oxygen atoms in total. The summed E-state index contributed by atoms with van der Waals surface area (Å²) >= 11 is 0. The quantitative estimate of drug-likeness (QED) is 0.632. The Morgan fingerprint density at radius 1 is 1.42 bits per heavy atom. The Labute approximate surface area is 115 Å². The molecule has 0 amide bonds. The van der Waals surface area contributed by atoms with Crippen LogP contribution < -0.4 is 10.6 Å². The van der Waals surface area contributed by atoms with Crippen LogP contribution >= 0.6 is 0 Å². The van der Waals surface area contributed by atoms with Crippen LogP contribution in [-0.2, 0) is 4.74 Å². The molecule has 0 bridgehead atoms. The molecule has 0 spiro atoms. The van der Waals surface area contributed by atoms with E-state index in [1.807, 2.05) is 24.3 Å². The Kier molecular flexibility index (Phi) is 4.80. The summed E-state index contributed by atoms with van der Waals surface area (Å²) in [6, 6.07) is 7.90. The van der Waals surface area contributed by atoms with Crippen molar-refractivity contribution in [3.05, 3.63) is 29.8 Å². The molecule has 0 aliphatic carbocycles. The highest BCUT2D eigenvalue weighted by atomic mass is 16.5. The van der Waals surface area contributed by atoms with E-state index in [-0.39, 0.29) is 5.84 Å². The largest absolute Gasteiger partial charge is 0.384 e. The predicted molar refractivity (Wildman–Crippen MR) is 78.9 cm³/mol. The zero-order chi connectivity index (χ0) is 13.7. The maximum absolute atomic E-state index is 7.40. The molecule has 2 rings (SSSR count). The molecule has 1 aliphatic heterocycles. The number of nitrogen functional groups attached to an aromatic ring is 1. The van der Waals surface area contributed by atoms with E-state index < -0.39 is 0 Å². The highest BCUT2D eigenvalue weighted by Gasteiger charge is 2.20. The van der Waals surface area contributed by atoms with E-state index in [1.165, 1.54) is 12.1 Å². The van der Waals surface area contributed by atoms with Crippen LogP contribution in [0.15, 0.2) is 24.3 Å². The number of rotatable bonds is 5. The van der Waals surface area contributed by atoms with Gasteiger partial charge in [-0.2, -0.15) is 0 Å². The summed E-state index contributed by atoms with van der Waals surface area (Å²) in [5, 5.41) is 7.40. The number of nitrogens with two attached hydrogens (primary N) is 1. The molecule has 3 N–H and O–H groups in total. The monoisotopic (exact) mass is 261 g/mol. The van der Waals surface area contributed by atoms with Crippen LogP contribution in [0.3, 0.4) is 0 Å². The first-order chi connectivity index (χ1) is 9.20. The van der Waals surface area contributed by atoms with Crippen molar-refractivity contribution in [1.82, 2.24) is 0 Å². The number of amidine groups is 1. The summed E-state index contributed by atoms with van der Waals surface area (Å²) in [7, 11) is 0. The smallest absolute Gasteiger partial charge is 0.122 e. The van der Waals surface area contributed by atoms with Crippen molar-refractivity contribution >= 4 is 11.5 Å². The van der Waals surface area contributed by atoms with Gasteiger partial charge in [0.25, 0.3) is 0 Å². The van der Waals surface area contributed by atoms with Crippen molar-refractivity contribution in [2.24, 2.45) is 5.73 Å². The number of benzene rings is 1. The highest BCUT2D eigenvalue weighted by molar-refractivity contribution is 5.95. The summed E-state index contributed by atoms with van der Waals surface area (Å²) in [5.74, 6) is 0.120. The van der Waals surface area contributed by atoms with Crippen LogP contribution in [0.5, 0.6) is 0 Å². The third kappa shape index (κ3) is 3.70. The van der Waals surface area contributed by atoms with Gasteiger partial charge in [-0.15, -0.1) is 0 Å². The van der Waals surface area contributed by atoms with Crippen LogP contribution in [0.1, 0.15) is 31.7 Å². The van der Waals surface area contributed by atoms with Crippen LogP contribution in [0.25, 0.3) is 0 Å². The van der Waals surface area contributed by atoms with Gasteiger partial charge in [0.1, 0.15) is 5.84 Å². The first-order valence-corrected chi connectivity index (χ1v) is 7.01. The van der Waals surface area contributed by atoms with Gasteiger partial charge in [0.2, 0.25) is 0 Å². The second-order valence-corrected chi connectivity index (χ2v) is 5.04. The van der Waals surface area contributed by atoms with E-state index in [2.05, 4.69) is 11.8 Å². The Bertz CT molecular complexity index is 416. The van der Waals surface area contributed by atoms with Crippen LogP contribution in [0.4, 0.5) is 5.69 Å². The first kappa shape index (κ1) is 13.9. The summed E-state index contributed by atoms with van der Waals surface area (Å²) < 4.78 is 5.85. The van der Waals surface area contributed by atoms with Gasteiger partial charge in [-0.1, -0.05) is 6.92 Å². The topological polar surface area (TPSA) is 62.3 Å². The number of ether oxygens (including phenoxy) is 1. The number of nitrogens with zero attached hydrogens (tertiary/aromatic N) is 1. The standard InChI is InChI=1S/C15H23N3O/c1-2-10-19-14-4-3-9-18(11-14)13-7-5-12(6-8-13)15(16)17/h5-8,14H,2-4,9-11H2,1H3,(H3,16,17). The van der Waals surface area contributed by atoms with E-state index in [0.717, 1.165) is 38.1 Å². The van der Waals surface area contributed by atoms with Crippen molar-refractivity contribution in [1.29, 1.82) is 5.41 Å². The van der Waals surface area contributed by atoms with Gasteiger partial charge in [0.05, 0.1) is 6.10 Å². The van der Waals surface area contributed by atoms with Crippen molar-refractivity contribution in [2.75, 3.05) is 24.6 Å². The Balaban J connectivity index is 1.98. The lowest BCUT2D eigenvalue weighted by molar-refractivity contribution is 0.0440. The average Bonchev–Trinajstić information content (AvgIpc) is 2.45. The fourth-order valence-corrected chi connectivity index (χ4v) is 2.45. The molecule has 104 valence electrons. The van der Waals surface area contributed by atoms with Crippen LogP contribution in [0, 0.1) is 5.41 Å². The van der Waals surface area contributed by atoms with Gasteiger partial charge in [0, 0.05) is 30.9 Å². The van der Waals surface area contributed by atoms with Crippen LogP contribution in [-0.4, -0.2) is 31.6 Å². The number of nitrogens with one attached hydrogen (secondary N) is 1. The molecular weight excluding hydrogens is 238 g/mol. The molecule has 1 aliphatic rings. The van der Waals surface area contributed by atoms with E-state index >= 15 is 0 Å². The Morgan fingerprint density at radius 2 is 2.16 bits per heavy atom. The molecule has 1 atom stereocenters. The SMILES string of the molecule is CCCOC1CCCN(c2ccc(C(=N)N)cc2)C1. The zero-order valence-corrected chi connectivity index (χ0v) is 11.6. The molecule has 4 heteroatoms. The molecule has 1 fully saturated rings. The van der Waals surface area contributed by atoms with Crippen molar-refractivity contribution in [3.8, 4) is 0 Å². The fourth-order valence-electron chi connectivity index (χ4n) is 2.45. The van der Waals surface area contributed by atoms with E-state index in [1.54, 1.807) is 0 Å². The van der Waals surface area contributed by atoms with Gasteiger partial charge in [-0.25, -0.2) is 0 Å². The zero-order valence-electron chi connectivity index (χ0n) is 11.6. The number of hydrogen-bond donors (Lipinski definition) is 2. The minimum atomic E-state index is 0.120. The molecule has 1 aromatic carbocycles. The number of anilines is 1. The summed E-state index contributed by atoms with van der Waals surface area (Å²) in [6.45, 7) is 5.02. The fraction of sp³-hybridized carbons (Fsp3) is 0.533. The number of hydrogen-bond acceptors (Lipinski definition) is 3. The third-order valence-corrected chi connectivity index (χ3v) is 3.48. The molecule has 0 aromatic heterocycles. The summed E-state index contributed by atoms with van der Waals surface area (Å²) in [4.78, 5) is 2.35. The molecular formula is C15H23N3O. The molecule has 1 heterocycles. The highest BCUT2D eigenvalue weighted by Crippen LogP contribution is 2.21. The van der Waals surface area contributed by atoms with Crippen molar-refractivity contribution in [2.45, 2.75) is 32.3 Å². The Morgan fingerprint density at radius 3 is 2.79 bits per heavy atom. The normalized spacial score (nSPS) is 19.4. The lowest BCUT2D eigenvalue weighted by Crippen LogP contribution is -2.39. The maximum Gasteiger partial charge on any atom is 0.122 e. The summed E-state index contributed by atoms with van der Waals surface area (Å²) in [5.41, 5.74) is 7.44. The lowest BCUT2D eigenvalue weighted by atomic mass is 10.1. The molecule has 0 saturated carbocycles. The molecule has 1 aromatic rings. The van der Waals surface area contributed by atoms with E-state index in [9.17, 15) is 0 Å². The van der Waals surface area contributed by atoms with E-state index in [4.69, 9.17) is 15.9 Å². The minimum Gasteiger partial charge on any atom is -0.384 e. The second kappa shape index (κ2) is 6.57. The van der Waals surface area contributed by atoms with Gasteiger partial charge in [-0.3, -0.25) is 5.41 Å². The minimum absolute atomic E-state index is 0.120. The second-order valence-electron chi connectivity index (χ2n) is 5.04. The van der Waals surface area contributed by atoms with Gasteiger partial charge in [0.15, 0.2) is 0 Å². The molecule has 19 heavy (non-hydrogen) atoms. The third-order valence-electron chi connectivity index (χ3n) is 3.48. The Hall–Kier alpha value is -1.55. The molecule has 0 radical (unpaired) electrons. The average molecular weight is 261 g/mol. The molecule has 1 saturated heterocycles. The summed E-state index contributed by atoms with van der Waals surface area (Å²) in [6.07, 6.45) is 3.75. The van der Waals surface area contributed by atoms with Crippen molar-refractivity contribution < 1.29 is 4.74 Å².